The minimum Gasteiger partial charge on any atom is -0.324 e. The molecule has 1 heterocycles. The fourth-order valence-electron chi connectivity index (χ4n) is 2.55. The highest BCUT2D eigenvalue weighted by molar-refractivity contribution is 7.92. The van der Waals surface area contributed by atoms with Crippen molar-refractivity contribution in [2.45, 2.75) is 31.7 Å². The summed E-state index contributed by atoms with van der Waals surface area (Å²) in [6.07, 6.45) is 3.14. The van der Waals surface area contributed by atoms with E-state index in [2.05, 4.69) is 15.1 Å². The van der Waals surface area contributed by atoms with Crippen LogP contribution in [0.4, 0.5) is 11.4 Å². The molecule has 1 atom stereocenters. The molecular weight excluding hydrogens is 356 g/mol. The van der Waals surface area contributed by atoms with Gasteiger partial charge in [0.05, 0.1) is 17.6 Å². The molecule has 2 N–H and O–H groups in total. The molecule has 1 fully saturated rings. The molecule has 0 saturated heterocycles. The van der Waals surface area contributed by atoms with Crippen LogP contribution in [0.25, 0.3) is 0 Å². The molecule has 3 rings (SSSR count). The van der Waals surface area contributed by atoms with Crippen molar-refractivity contribution in [2.75, 3.05) is 16.3 Å². The highest BCUT2D eigenvalue weighted by atomic mass is 32.2. The first kappa shape index (κ1) is 18.1. The van der Waals surface area contributed by atoms with Gasteiger partial charge in [0.2, 0.25) is 15.9 Å². The molecule has 8 nitrogen and oxygen atoms in total. The summed E-state index contributed by atoms with van der Waals surface area (Å²) in [7, 11) is -3.41. The van der Waals surface area contributed by atoms with E-state index in [0.29, 0.717) is 17.3 Å². The van der Waals surface area contributed by atoms with Crippen LogP contribution >= 0.6 is 0 Å². The third kappa shape index (κ3) is 4.48. The predicted octanol–water partition coefficient (Wildman–Crippen LogP) is 1.69. The van der Waals surface area contributed by atoms with Crippen molar-refractivity contribution < 1.29 is 13.2 Å². The van der Waals surface area contributed by atoms with Gasteiger partial charge < -0.3 is 5.32 Å². The Bertz CT molecular complexity index is 996. The van der Waals surface area contributed by atoms with Crippen LogP contribution in [0.1, 0.15) is 37.4 Å². The first-order valence-electron chi connectivity index (χ1n) is 8.21. The van der Waals surface area contributed by atoms with Gasteiger partial charge >= 0.3 is 0 Å². The van der Waals surface area contributed by atoms with E-state index >= 15 is 0 Å². The van der Waals surface area contributed by atoms with Crippen molar-refractivity contribution in [3.05, 3.63) is 52.4 Å². The number of carbonyl (C=O) groups excluding carboxylic acids is 1. The predicted molar refractivity (Wildman–Crippen MR) is 98.7 cm³/mol. The summed E-state index contributed by atoms with van der Waals surface area (Å²) in [5, 5.41) is 7.00. The first-order valence-corrected chi connectivity index (χ1v) is 10.1. The van der Waals surface area contributed by atoms with Gasteiger partial charge in [-0.1, -0.05) is 6.07 Å². The van der Waals surface area contributed by atoms with E-state index in [1.165, 1.54) is 16.8 Å². The molecule has 0 radical (unpaired) electrons. The van der Waals surface area contributed by atoms with Crippen LogP contribution in [0.2, 0.25) is 0 Å². The van der Waals surface area contributed by atoms with E-state index in [9.17, 15) is 18.0 Å². The van der Waals surface area contributed by atoms with Crippen molar-refractivity contribution in [3.63, 3.8) is 0 Å². The van der Waals surface area contributed by atoms with Gasteiger partial charge in [0.25, 0.3) is 5.56 Å². The summed E-state index contributed by atoms with van der Waals surface area (Å²) >= 11 is 0. The number of rotatable bonds is 6. The Morgan fingerprint density at radius 1 is 1.23 bits per heavy atom. The smallest absolute Gasteiger partial charge is 0.267 e. The Balaban J connectivity index is 1.77. The highest BCUT2D eigenvalue weighted by Crippen LogP contribution is 2.38. The average molecular weight is 376 g/mol. The number of benzene rings is 1. The fourth-order valence-corrected chi connectivity index (χ4v) is 3.10. The van der Waals surface area contributed by atoms with Crippen molar-refractivity contribution in [1.82, 2.24) is 9.78 Å². The number of nitrogens with one attached hydrogen (secondary N) is 2. The zero-order valence-electron chi connectivity index (χ0n) is 14.5. The minimum atomic E-state index is -3.41. The van der Waals surface area contributed by atoms with Gasteiger partial charge in [-0.2, -0.15) is 5.10 Å². The summed E-state index contributed by atoms with van der Waals surface area (Å²) < 4.78 is 26.2. The van der Waals surface area contributed by atoms with Crippen molar-refractivity contribution >= 4 is 27.3 Å². The maximum absolute atomic E-state index is 12.5. The monoisotopic (exact) mass is 376 g/mol. The topological polar surface area (TPSA) is 110 Å². The summed E-state index contributed by atoms with van der Waals surface area (Å²) in [5.41, 5.74) is 1.24. The number of amides is 1. The van der Waals surface area contributed by atoms with E-state index < -0.39 is 22.0 Å². The molecule has 1 amide bonds. The number of hydrogen-bond acceptors (Lipinski definition) is 5. The lowest BCUT2D eigenvalue weighted by Gasteiger charge is -2.15. The van der Waals surface area contributed by atoms with Crippen LogP contribution in [0.3, 0.4) is 0 Å². The van der Waals surface area contributed by atoms with Gasteiger partial charge in [-0.05, 0) is 44.0 Å². The average Bonchev–Trinajstić information content (AvgIpc) is 3.38. The third-order valence-electron chi connectivity index (χ3n) is 4.02. The second kappa shape index (κ2) is 6.91. The summed E-state index contributed by atoms with van der Waals surface area (Å²) in [6, 6.07) is 8.67. The molecular formula is C17H20N4O4S. The van der Waals surface area contributed by atoms with Gasteiger partial charge in [-0.15, -0.1) is 0 Å². The van der Waals surface area contributed by atoms with Crippen molar-refractivity contribution in [3.8, 4) is 0 Å². The van der Waals surface area contributed by atoms with Crippen LogP contribution in [-0.4, -0.2) is 30.4 Å². The molecule has 0 bridgehead atoms. The van der Waals surface area contributed by atoms with Crippen LogP contribution in [0, 0.1) is 0 Å². The molecule has 1 aliphatic rings. The Hall–Kier alpha value is -2.68. The molecule has 0 aliphatic heterocycles. The lowest BCUT2D eigenvalue weighted by Crippen LogP contribution is -2.33. The van der Waals surface area contributed by atoms with Crippen LogP contribution < -0.4 is 15.6 Å². The quantitative estimate of drug-likeness (QED) is 0.797. The summed E-state index contributed by atoms with van der Waals surface area (Å²) in [6.45, 7) is 1.60. The lowest BCUT2D eigenvalue weighted by molar-refractivity contribution is -0.119. The van der Waals surface area contributed by atoms with Gasteiger partial charge in [-0.25, -0.2) is 13.1 Å². The Morgan fingerprint density at radius 3 is 2.58 bits per heavy atom. The van der Waals surface area contributed by atoms with E-state index in [1.807, 2.05) is 0 Å². The van der Waals surface area contributed by atoms with E-state index in [4.69, 9.17) is 0 Å². The van der Waals surface area contributed by atoms with E-state index in [0.717, 1.165) is 24.8 Å². The molecule has 26 heavy (non-hydrogen) atoms. The second-order valence-corrected chi connectivity index (χ2v) is 8.18. The fraction of sp³-hybridized carbons (Fsp3) is 0.353. The summed E-state index contributed by atoms with van der Waals surface area (Å²) in [5.74, 6) is -0.0417. The lowest BCUT2D eigenvalue weighted by atomic mass is 10.2. The zero-order valence-corrected chi connectivity index (χ0v) is 15.3. The van der Waals surface area contributed by atoms with Crippen LogP contribution in [0.5, 0.6) is 0 Å². The molecule has 0 unspecified atom stereocenters. The SMILES string of the molecule is C[C@@H](C(=O)Nc1cccc(NS(C)(=O)=O)c1)n1nc(C2CC2)ccc1=O. The molecule has 1 aromatic heterocycles. The number of carbonyl (C=O) groups is 1. The first-order chi connectivity index (χ1) is 12.2. The van der Waals surface area contributed by atoms with E-state index in [1.54, 1.807) is 31.2 Å². The molecule has 138 valence electrons. The third-order valence-corrected chi connectivity index (χ3v) is 4.63. The minimum absolute atomic E-state index is 0.337. The van der Waals surface area contributed by atoms with Crippen LogP contribution in [0.15, 0.2) is 41.2 Å². The van der Waals surface area contributed by atoms with E-state index in [-0.39, 0.29) is 5.56 Å². The maximum atomic E-state index is 12.5. The Labute approximate surface area is 151 Å². The van der Waals surface area contributed by atoms with Gasteiger partial charge in [0, 0.05) is 17.7 Å². The van der Waals surface area contributed by atoms with Gasteiger partial charge in [-0.3, -0.25) is 14.3 Å². The Kier molecular flexibility index (Phi) is 4.82. The molecule has 9 heteroatoms. The highest BCUT2D eigenvalue weighted by Gasteiger charge is 2.27. The number of hydrogen-bond donors (Lipinski definition) is 2. The van der Waals surface area contributed by atoms with Gasteiger partial charge in [0.15, 0.2) is 0 Å². The maximum Gasteiger partial charge on any atom is 0.267 e. The van der Waals surface area contributed by atoms with Crippen molar-refractivity contribution in [1.29, 1.82) is 0 Å². The standard InChI is InChI=1S/C17H20N4O4S/c1-11(21-16(22)9-8-15(19-21)12-6-7-12)17(23)18-13-4-3-5-14(10-13)20-26(2,24)25/h3-5,8-12,20H,6-7H2,1-2H3,(H,18,23)/t11-/m0/s1. The number of aromatic nitrogens is 2. The number of nitrogens with zero attached hydrogens (tertiary/aromatic N) is 2. The number of sulfonamides is 1. The second-order valence-electron chi connectivity index (χ2n) is 6.44. The molecule has 0 spiro atoms. The van der Waals surface area contributed by atoms with Crippen LogP contribution in [-0.2, 0) is 14.8 Å². The van der Waals surface area contributed by atoms with Gasteiger partial charge in [0.1, 0.15) is 6.04 Å². The zero-order chi connectivity index (χ0) is 18.9. The van der Waals surface area contributed by atoms with Crippen molar-refractivity contribution in [2.24, 2.45) is 0 Å². The Morgan fingerprint density at radius 2 is 1.92 bits per heavy atom. The molecule has 1 aliphatic carbocycles. The number of anilines is 2. The molecule has 1 saturated carbocycles. The molecule has 1 aromatic carbocycles. The molecule has 2 aromatic rings. The normalized spacial score (nSPS) is 15.3. The largest absolute Gasteiger partial charge is 0.324 e. The summed E-state index contributed by atoms with van der Waals surface area (Å²) in [4.78, 5) is 24.6.